The maximum Gasteiger partial charge on any atom is 0.346 e. The number of aromatic nitrogens is 1. The number of H-pyrrole nitrogens is 1. The van der Waals surface area contributed by atoms with E-state index in [9.17, 15) is 14.0 Å². The Morgan fingerprint density at radius 2 is 1.97 bits per heavy atom. The molecule has 1 N–H and O–H groups in total. The largest absolute Gasteiger partial charge is 0.478 e. The maximum atomic E-state index is 14.4. The summed E-state index contributed by atoms with van der Waals surface area (Å²) < 4.78 is 24.8. The van der Waals surface area contributed by atoms with Gasteiger partial charge in [-0.3, -0.25) is 4.79 Å². The molecule has 0 aliphatic rings. The highest BCUT2D eigenvalue weighted by Gasteiger charge is 2.21. The predicted octanol–water partition coefficient (Wildman–Crippen LogP) is 4.81. The van der Waals surface area contributed by atoms with E-state index in [0.29, 0.717) is 32.1 Å². The van der Waals surface area contributed by atoms with E-state index >= 15 is 0 Å². The second kappa shape index (κ2) is 8.43. The summed E-state index contributed by atoms with van der Waals surface area (Å²) in [4.78, 5) is 27.0. The molecule has 0 amide bonds. The van der Waals surface area contributed by atoms with Crippen LogP contribution in [-0.4, -0.2) is 24.2 Å². The molecule has 3 rings (SSSR count). The molecule has 3 aromatic rings. The second-order valence-corrected chi connectivity index (χ2v) is 7.39. The van der Waals surface area contributed by atoms with Gasteiger partial charge in [0.15, 0.2) is 6.10 Å². The molecule has 0 fully saturated rings. The molecule has 0 aliphatic carbocycles. The zero-order valence-electron chi connectivity index (χ0n) is 15.9. The maximum absolute atomic E-state index is 14.4. The Morgan fingerprint density at radius 1 is 1.24 bits per heavy atom. The molecule has 1 unspecified atom stereocenters. The van der Waals surface area contributed by atoms with Crippen molar-refractivity contribution in [3.8, 4) is 5.75 Å². The molecule has 29 heavy (non-hydrogen) atoms. The van der Waals surface area contributed by atoms with Gasteiger partial charge in [0.2, 0.25) is 0 Å². The molecular weight excluding hydrogens is 420 g/mol. The SMILES string of the molecule is COC(=O)C(C)Oc1ccc(F)c2[nH]c(=O)c(Cc3ccc(Cl)cc3Cl)c(C)c12. The minimum absolute atomic E-state index is 0.00742. The van der Waals surface area contributed by atoms with Crippen molar-refractivity contribution >= 4 is 40.1 Å². The molecule has 5 nitrogen and oxygen atoms in total. The number of pyridine rings is 1. The summed E-state index contributed by atoms with van der Waals surface area (Å²) in [6.07, 6.45) is -0.690. The molecule has 0 saturated heterocycles. The number of carbonyl (C=O) groups is 1. The van der Waals surface area contributed by atoms with Gasteiger partial charge in [0.25, 0.3) is 5.56 Å². The highest BCUT2D eigenvalue weighted by atomic mass is 35.5. The van der Waals surface area contributed by atoms with Crippen LogP contribution in [0.1, 0.15) is 23.6 Å². The Labute approximate surface area is 176 Å². The van der Waals surface area contributed by atoms with E-state index < -0.39 is 23.4 Å². The van der Waals surface area contributed by atoms with Crippen LogP contribution in [0.15, 0.2) is 35.1 Å². The first kappa shape index (κ1) is 21.1. The Balaban J connectivity index is 2.16. The number of methoxy groups -OCH3 is 1. The predicted molar refractivity (Wildman–Crippen MR) is 111 cm³/mol. The van der Waals surface area contributed by atoms with E-state index in [-0.39, 0.29) is 17.7 Å². The first-order valence-electron chi connectivity index (χ1n) is 8.75. The third-order valence-corrected chi connectivity index (χ3v) is 5.26. The zero-order valence-corrected chi connectivity index (χ0v) is 17.4. The molecule has 0 aliphatic heterocycles. The van der Waals surface area contributed by atoms with Crippen molar-refractivity contribution < 1.29 is 18.7 Å². The van der Waals surface area contributed by atoms with Crippen LogP contribution in [0.4, 0.5) is 4.39 Å². The van der Waals surface area contributed by atoms with Crippen LogP contribution in [-0.2, 0) is 16.0 Å². The van der Waals surface area contributed by atoms with Crippen LogP contribution in [0, 0.1) is 12.7 Å². The summed E-state index contributed by atoms with van der Waals surface area (Å²) in [5.74, 6) is -0.913. The lowest BCUT2D eigenvalue weighted by Crippen LogP contribution is -2.25. The average Bonchev–Trinajstić information content (AvgIpc) is 2.68. The fourth-order valence-electron chi connectivity index (χ4n) is 3.13. The van der Waals surface area contributed by atoms with Crippen molar-refractivity contribution in [3.63, 3.8) is 0 Å². The molecule has 0 saturated carbocycles. The van der Waals surface area contributed by atoms with E-state index in [4.69, 9.17) is 27.9 Å². The van der Waals surface area contributed by atoms with Gasteiger partial charge in [0.1, 0.15) is 11.6 Å². The Morgan fingerprint density at radius 3 is 2.62 bits per heavy atom. The average molecular weight is 438 g/mol. The van der Waals surface area contributed by atoms with E-state index in [1.807, 2.05) is 0 Å². The summed E-state index contributed by atoms with van der Waals surface area (Å²) in [5.41, 5.74) is 1.21. The van der Waals surface area contributed by atoms with Crippen LogP contribution in [0.3, 0.4) is 0 Å². The first-order chi connectivity index (χ1) is 13.7. The minimum atomic E-state index is -0.908. The smallest absolute Gasteiger partial charge is 0.346 e. The number of aromatic amines is 1. The van der Waals surface area contributed by atoms with Crippen LogP contribution in [0.25, 0.3) is 10.9 Å². The number of hydrogen-bond acceptors (Lipinski definition) is 4. The highest BCUT2D eigenvalue weighted by Crippen LogP contribution is 2.32. The van der Waals surface area contributed by atoms with Crippen LogP contribution in [0.2, 0.25) is 10.0 Å². The van der Waals surface area contributed by atoms with E-state index in [1.165, 1.54) is 26.2 Å². The first-order valence-corrected chi connectivity index (χ1v) is 9.51. The number of ether oxygens (including phenoxy) is 2. The molecule has 1 heterocycles. The lowest BCUT2D eigenvalue weighted by Gasteiger charge is -2.17. The van der Waals surface area contributed by atoms with Gasteiger partial charge in [0, 0.05) is 27.4 Å². The lowest BCUT2D eigenvalue weighted by molar-refractivity contribution is -0.147. The number of fused-ring (bicyclic) bond motifs is 1. The number of esters is 1. The Bertz CT molecular complexity index is 1160. The van der Waals surface area contributed by atoms with Crippen LogP contribution >= 0.6 is 23.2 Å². The highest BCUT2D eigenvalue weighted by molar-refractivity contribution is 6.35. The number of carbonyl (C=O) groups excluding carboxylic acids is 1. The van der Waals surface area contributed by atoms with Gasteiger partial charge in [0.05, 0.1) is 12.6 Å². The van der Waals surface area contributed by atoms with E-state index in [1.54, 1.807) is 25.1 Å². The molecule has 2 aromatic carbocycles. The van der Waals surface area contributed by atoms with Crippen molar-refractivity contribution in [1.29, 1.82) is 0 Å². The van der Waals surface area contributed by atoms with Crippen molar-refractivity contribution in [1.82, 2.24) is 4.98 Å². The quantitative estimate of drug-likeness (QED) is 0.581. The number of benzene rings is 2. The van der Waals surface area contributed by atoms with E-state index in [2.05, 4.69) is 9.72 Å². The number of nitrogens with one attached hydrogen (secondary N) is 1. The summed E-state index contributed by atoms with van der Waals surface area (Å²) in [6, 6.07) is 7.60. The minimum Gasteiger partial charge on any atom is -0.478 e. The topological polar surface area (TPSA) is 68.4 Å². The Kier molecular flexibility index (Phi) is 6.15. The lowest BCUT2D eigenvalue weighted by atomic mass is 9.98. The molecule has 8 heteroatoms. The number of rotatable bonds is 5. The van der Waals surface area contributed by atoms with Crippen molar-refractivity contribution in [2.45, 2.75) is 26.4 Å². The summed E-state index contributed by atoms with van der Waals surface area (Å²) in [6.45, 7) is 3.22. The standard InChI is InChI=1S/C21H18Cl2FNO4/c1-10-14(8-12-4-5-13(22)9-15(12)23)20(26)25-19-16(24)6-7-17(18(10)19)29-11(2)21(27)28-3/h4-7,9,11H,8H2,1-3H3,(H,25,26). The van der Waals surface area contributed by atoms with Gasteiger partial charge < -0.3 is 14.5 Å². The fourth-order valence-corrected chi connectivity index (χ4v) is 3.61. The van der Waals surface area contributed by atoms with Gasteiger partial charge in [-0.05, 0) is 49.2 Å². The summed E-state index contributed by atoms with van der Waals surface area (Å²) in [5, 5.41) is 1.28. The van der Waals surface area contributed by atoms with Crippen LogP contribution in [0.5, 0.6) is 5.75 Å². The van der Waals surface area contributed by atoms with Gasteiger partial charge in [-0.15, -0.1) is 0 Å². The van der Waals surface area contributed by atoms with Gasteiger partial charge in [-0.1, -0.05) is 29.3 Å². The van der Waals surface area contributed by atoms with Gasteiger partial charge >= 0.3 is 5.97 Å². The molecule has 152 valence electrons. The van der Waals surface area contributed by atoms with Gasteiger partial charge in [-0.2, -0.15) is 0 Å². The normalized spacial score (nSPS) is 12.1. The van der Waals surface area contributed by atoms with Crippen molar-refractivity contribution in [2.24, 2.45) is 0 Å². The van der Waals surface area contributed by atoms with Crippen molar-refractivity contribution in [3.05, 3.63) is 73.2 Å². The zero-order chi connectivity index (χ0) is 21.3. The summed E-state index contributed by atoms with van der Waals surface area (Å²) in [7, 11) is 1.25. The van der Waals surface area contributed by atoms with E-state index in [0.717, 1.165) is 0 Å². The summed E-state index contributed by atoms with van der Waals surface area (Å²) >= 11 is 12.2. The number of hydrogen-bond donors (Lipinski definition) is 1. The third-order valence-electron chi connectivity index (χ3n) is 4.68. The fraction of sp³-hybridized carbons (Fsp3) is 0.238. The second-order valence-electron chi connectivity index (χ2n) is 6.55. The molecule has 0 bridgehead atoms. The molecule has 1 atom stereocenters. The van der Waals surface area contributed by atoms with Gasteiger partial charge in [-0.25, -0.2) is 9.18 Å². The molecule has 0 radical (unpaired) electrons. The molecular formula is C21H18Cl2FNO4. The van der Waals surface area contributed by atoms with Crippen LogP contribution < -0.4 is 10.3 Å². The van der Waals surface area contributed by atoms with Crippen molar-refractivity contribution in [2.75, 3.05) is 7.11 Å². The molecule has 0 spiro atoms. The number of halogens is 3. The number of aryl methyl sites for hydroxylation is 1. The molecule has 1 aromatic heterocycles. The Hall–Kier alpha value is -2.57. The monoisotopic (exact) mass is 437 g/mol. The third kappa shape index (κ3) is 4.23.